The first-order chi connectivity index (χ1) is 9.02. The minimum atomic E-state index is 0.122. The van der Waals surface area contributed by atoms with Crippen molar-refractivity contribution < 1.29 is 9.53 Å². The number of nitrogens with zero attached hydrogens (tertiary/aromatic N) is 1. The van der Waals surface area contributed by atoms with Crippen molar-refractivity contribution in [3.05, 3.63) is 0 Å². The maximum atomic E-state index is 11.3. The molecule has 1 amide bonds. The van der Waals surface area contributed by atoms with Crippen LogP contribution in [0.2, 0.25) is 0 Å². The lowest BCUT2D eigenvalue weighted by atomic mass is 9.84. The number of ether oxygens (including phenoxy) is 1. The van der Waals surface area contributed by atoms with Gasteiger partial charge in [-0.05, 0) is 58.0 Å². The molecule has 1 aliphatic heterocycles. The molecule has 0 spiro atoms. The molecule has 4 heteroatoms. The van der Waals surface area contributed by atoms with Gasteiger partial charge < -0.3 is 10.1 Å². The van der Waals surface area contributed by atoms with Crippen molar-refractivity contribution in [1.82, 2.24) is 10.2 Å². The van der Waals surface area contributed by atoms with Gasteiger partial charge in [0, 0.05) is 13.7 Å². The summed E-state index contributed by atoms with van der Waals surface area (Å²) >= 11 is 0. The fourth-order valence-electron chi connectivity index (χ4n) is 2.69. The third-order valence-corrected chi connectivity index (χ3v) is 4.11. The molecule has 0 aromatic carbocycles. The zero-order valence-electron chi connectivity index (χ0n) is 12.9. The summed E-state index contributed by atoms with van der Waals surface area (Å²) in [7, 11) is 1.70. The molecule has 0 aromatic rings. The molecular weight excluding hydrogens is 240 g/mol. The van der Waals surface area contributed by atoms with Gasteiger partial charge in [-0.25, -0.2) is 0 Å². The number of hydrogen-bond donors (Lipinski definition) is 1. The summed E-state index contributed by atoms with van der Waals surface area (Å²) in [5.74, 6) is 1.63. The highest BCUT2D eigenvalue weighted by atomic mass is 16.5. The minimum absolute atomic E-state index is 0.122. The van der Waals surface area contributed by atoms with E-state index in [1.807, 2.05) is 0 Å². The second kappa shape index (κ2) is 8.54. The van der Waals surface area contributed by atoms with Gasteiger partial charge in [0.1, 0.15) is 0 Å². The van der Waals surface area contributed by atoms with Crippen molar-refractivity contribution >= 4 is 5.91 Å². The van der Waals surface area contributed by atoms with Crippen molar-refractivity contribution in [2.75, 3.05) is 33.3 Å². The Labute approximate surface area is 117 Å². The Morgan fingerprint density at radius 3 is 2.47 bits per heavy atom. The van der Waals surface area contributed by atoms with E-state index in [1.165, 1.54) is 12.8 Å². The number of rotatable bonds is 7. The van der Waals surface area contributed by atoms with Crippen LogP contribution in [-0.2, 0) is 9.53 Å². The van der Waals surface area contributed by atoms with E-state index in [9.17, 15) is 4.79 Å². The van der Waals surface area contributed by atoms with Crippen molar-refractivity contribution in [1.29, 1.82) is 0 Å². The number of nitrogens with one attached hydrogen (secondary N) is 1. The molecule has 0 bridgehead atoms. The van der Waals surface area contributed by atoms with E-state index in [-0.39, 0.29) is 5.91 Å². The van der Waals surface area contributed by atoms with Crippen LogP contribution in [0.3, 0.4) is 0 Å². The maximum absolute atomic E-state index is 11.3. The molecule has 1 heterocycles. The molecular formula is C15H30N2O2. The fourth-order valence-corrected chi connectivity index (χ4v) is 2.69. The van der Waals surface area contributed by atoms with E-state index in [1.54, 1.807) is 7.05 Å². The van der Waals surface area contributed by atoms with E-state index < -0.39 is 0 Å². The van der Waals surface area contributed by atoms with E-state index in [2.05, 4.69) is 31.0 Å². The lowest BCUT2D eigenvalue weighted by Crippen LogP contribution is -2.41. The van der Waals surface area contributed by atoms with Gasteiger partial charge in [-0.15, -0.1) is 0 Å². The molecule has 1 N–H and O–H groups in total. The maximum Gasteiger partial charge on any atom is 0.233 e. The highest BCUT2D eigenvalue weighted by Crippen LogP contribution is 2.27. The van der Waals surface area contributed by atoms with Crippen molar-refractivity contribution in [2.45, 2.75) is 46.1 Å². The number of piperidine rings is 1. The summed E-state index contributed by atoms with van der Waals surface area (Å²) in [6.07, 6.45) is 3.90. The summed E-state index contributed by atoms with van der Waals surface area (Å²) in [5.41, 5.74) is 0. The Kier molecular flexibility index (Phi) is 7.39. The summed E-state index contributed by atoms with van der Waals surface area (Å²) in [6, 6.07) is 0. The Morgan fingerprint density at radius 1 is 1.32 bits per heavy atom. The molecule has 1 rings (SSSR count). The Balaban J connectivity index is 2.19. The number of hydrogen-bond acceptors (Lipinski definition) is 3. The molecule has 19 heavy (non-hydrogen) atoms. The third-order valence-electron chi connectivity index (χ3n) is 4.11. The predicted octanol–water partition coefficient (Wildman–Crippen LogP) is 1.90. The first-order valence-electron chi connectivity index (χ1n) is 7.57. The number of likely N-dealkylation sites (N-methyl/N-ethyl adjacent to an activating group) is 1. The molecule has 0 aliphatic carbocycles. The molecule has 0 radical (unpaired) electrons. The first kappa shape index (κ1) is 16.4. The predicted molar refractivity (Wildman–Crippen MR) is 78.1 cm³/mol. The number of carbonyl (C=O) groups excluding carboxylic acids is 1. The average Bonchev–Trinajstić information content (AvgIpc) is 2.38. The lowest BCUT2D eigenvalue weighted by molar-refractivity contribution is -0.122. The average molecular weight is 270 g/mol. The second-order valence-electron chi connectivity index (χ2n) is 5.97. The first-order valence-corrected chi connectivity index (χ1v) is 7.57. The smallest absolute Gasteiger partial charge is 0.233 e. The van der Waals surface area contributed by atoms with Crippen molar-refractivity contribution in [3.8, 4) is 0 Å². The van der Waals surface area contributed by atoms with E-state index in [4.69, 9.17) is 4.74 Å². The summed E-state index contributed by atoms with van der Waals surface area (Å²) in [5, 5.41) is 2.69. The Bertz CT molecular complexity index is 261. The van der Waals surface area contributed by atoms with Crippen molar-refractivity contribution in [2.24, 2.45) is 11.8 Å². The molecule has 0 aromatic heterocycles. The van der Waals surface area contributed by atoms with Gasteiger partial charge in [-0.3, -0.25) is 9.69 Å². The Morgan fingerprint density at radius 2 is 1.95 bits per heavy atom. The van der Waals surface area contributed by atoms with Crippen LogP contribution >= 0.6 is 0 Å². The van der Waals surface area contributed by atoms with Crippen LogP contribution in [0.25, 0.3) is 0 Å². The van der Waals surface area contributed by atoms with Gasteiger partial charge in [-0.2, -0.15) is 0 Å². The minimum Gasteiger partial charge on any atom is -0.379 e. The monoisotopic (exact) mass is 270 g/mol. The van der Waals surface area contributed by atoms with Gasteiger partial charge in [0.05, 0.1) is 12.6 Å². The van der Waals surface area contributed by atoms with Crippen LogP contribution in [0.4, 0.5) is 0 Å². The number of amides is 1. The summed E-state index contributed by atoms with van der Waals surface area (Å²) in [6.45, 7) is 10.0. The van der Waals surface area contributed by atoms with Crippen LogP contribution in [-0.4, -0.2) is 50.2 Å². The van der Waals surface area contributed by atoms with Crippen LogP contribution in [0.5, 0.6) is 0 Å². The highest BCUT2D eigenvalue weighted by Gasteiger charge is 2.24. The van der Waals surface area contributed by atoms with Gasteiger partial charge in [0.25, 0.3) is 0 Å². The standard InChI is InChI=1S/C15H30N2O2/c1-12(2)19-10-7-13(3)14-5-8-17(9-6-14)11-15(18)16-4/h12-14H,5-11H2,1-4H3,(H,16,18). The zero-order valence-corrected chi connectivity index (χ0v) is 12.9. The van der Waals surface area contributed by atoms with Crippen molar-refractivity contribution in [3.63, 3.8) is 0 Å². The molecule has 1 fully saturated rings. The van der Waals surface area contributed by atoms with E-state index >= 15 is 0 Å². The quantitative estimate of drug-likeness (QED) is 0.768. The van der Waals surface area contributed by atoms with Gasteiger partial charge in [0.2, 0.25) is 5.91 Å². The SMILES string of the molecule is CNC(=O)CN1CCC(C(C)CCOC(C)C)CC1. The lowest BCUT2D eigenvalue weighted by Gasteiger charge is -2.34. The second-order valence-corrected chi connectivity index (χ2v) is 5.97. The molecule has 112 valence electrons. The third kappa shape index (κ3) is 6.39. The van der Waals surface area contributed by atoms with E-state index in [0.717, 1.165) is 38.0 Å². The molecule has 0 saturated carbocycles. The summed E-state index contributed by atoms with van der Waals surface area (Å²) < 4.78 is 5.63. The molecule has 1 aliphatic rings. The van der Waals surface area contributed by atoms with Gasteiger partial charge in [0.15, 0.2) is 0 Å². The van der Waals surface area contributed by atoms with Gasteiger partial charge >= 0.3 is 0 Å². The Hall–Kier alpha value is -0.610. The number of likely N-dealkylation sites (tertiary alicyclic amines) is 1. The van der Waals surface area contributed by atoms with Crippen LogP contribution in [0.15, 0.2) is 0 Å². The highest BCUT2D eigenvalue weighted by molar-refractivity contribution is 5.77. The molecule has 1 atom stereocenters. The molecule has 1 unspecified atom stereocenters. The molecule has 4 nitrogen and oxygen atoms in total. The topological polar surface area (TPSA) is 41.6 Å². The zero-order chi connectivity index (χ0) is 14.3. The van der Waals surface area contributed by atoms with E-state index in [0.29, 0.717) is 12.6 Å². The summed E-state index contributed by atoms with van der Waals surface area (Å²) in [4.78, 5) is 13.6. The van der Waals surface area contributed by atoms with Gasteiger partial charge in [-0.1, -0.05) is 6.92 Å². The van der Waals surface area contributed by atoms with Crippen LogP contribution < -0.4 is 5.32 Å². The van der Waals surface area contributed by atoms with Crippen LogP contribution in [0, 0.1) is 11.8 Å². The molecule has 1 saturated heterocycles. The normalized spacial score (nSPS) is 19.6. The largest absolute Gasteiger partial charge is 0.379 e. The fraction of sp³-hybridized carbons (Fsp3) is 0.933. The number of carbonyl (C=O) groups is 1. The van der Waals surface area contributed by atoms with Crippen LogP contribution in [0.1, 0.15) is 40.0 Å².